The van der Waals surface area contributed by atoms with E-state index in [9.17, 15) is 32.8 Å². The summed E-state index contributed by atoms with van der Waals surface area (Å²) in [6.45, 7) is 9.97. The number of fused-ring (bicyclic) bond motifs is 1. The van der Waals surface area contributed by atoms with E-state index in [4.69, 9.17) is 9.05 Å². The Morgan fingerprint density at radius 1 is 1.17 bits per heavy atom. The van der Waals surface area contributed by atoms with Crippen molar-refractivity contribution in [2.24, 2.45) is 5.41 Å². The lowest BCUT2D eigenvalue weighted by molar-refractivity contribution is 0.0418. The highest BCUT2D eigenvalue weighted by Crippen LogP contribution is 2.48. The molecule has 0 spiro atoms. The third kappa shape index (κ3) is 7.12. The number of hydrogen-bond donors (Lipinski definition) is 2. The van der Waals surface area contributed by atoms with E-state index in [1.54, 1.807) is 27.7 Å². The number of carbonyl (C=O) groups excluding carboxylic acids is 2. The predicted molar refractivity (Wildman–Crippen MR) is 149 cm³/mol. The number of Topliss-reactive ketones (excluding diaryl/α,β-unsaturated/α-hetero) is 1. The number of ketones is 1. The van der Waals surface area contributed by atoms with Gasteiger partial charge in [-0.05, 0) is 32.9 Å². The van der Waals surface area contributed by atoms with E-state index in [0.29, 0.717) is 19.2 Å². The van der Waals surface area contributed by atoms with Crippen LogP contribution in [0.1, 0.15) is 67.4 Å². The topological polar surface area (TPSA) is 127 Å². The SMILES string of the molecule is CCCN(CCP(=O)(OCC)OCC)C1Cn2cc(C(=O)NCc3ccc(F)cc3F)c(=O)c(O)c2C(=O)C1(C)C. The number of nitrogens with one attached hydrogen (secondary N) is 1. The summed E-state index contributed by atoms with van der Waals surface area (Å²) < 4.78 is 52.6. The maximum absolute atomic E-state index is 14.0. The molecular formula is C28H38F2N3O7P. The fourth-order valence-corrected chi connectivity index (χ4v) is 6.72. The van der Waals surface area contributed by atoms with Crippen LogP contribution in [0.3, 0.4) is 0 Å². The van der Waals surface area contributed by atoms with Gasteiger partial charge in [0.1, 0.15) is 22.9 Å². The van der Waals surface area contributed by atoms with Gasteiger partial charge >= 0.3 is 7.60 Å². The van der Waals surface area contributed by atoms with E-state index in [2.05, 4.69) is 5.32 Å². The maximum atomic E-state index is 14.0. The summed E-state index contributed by atoms with van der Waals surface area (Å²) in [7, 11) is -3.36. The average molecular weight is 598 g/mol. The van der Waals surface area contributed by atoms with Crippen molar-refractivity contribution < 1.29 is 37.1 Å². The van der Waals surface area contributed by atoms with Crippen LogP contribution >= 0.6 is 7.60 Å². The standard InChI is InChI=1S/C28H38F2N3O7P/c1-6-11-32(12-13-41(38,39-7-2)40-8-3)22-17-33-16-20(24(34)25(35)23(33)26(36)28(22,4)5)27(37)31-15-18-9-10-19(29)14-21(18)30/h9-10,14,16,22,35H,6-8,11-13,15,17H2,1-5H3,(H,31,37). The van der Waals surface area contributed by atoms with Gasteiger partial charge in [0.25, 0.3) is 5.91 Å². The third-order valence-corrected chi connectivity index (χ3v) is 9.27. The zero-order valence-electron chi connectivity index (χ0n) is 24.0. The van der Waals surface area contributed by atoms with Crippen molar-refractivity contribution in [2.75, 3.05) is 32.5 Å². The van der Waals surface area contributed by atoms with Gasteiger partial charge in [-0.2, -0.15) is 0 Å². The monoisotopic (exact) mass is 597 g/mol. The van der Waals surface area contributed by atoms with Gasteiger partial charge in [-0.3, -0.25) is 23.8 Å². The minimum atomic E-state index is -3.36. The van der Waals surface area contributed by atoms with Gasteiger partial charge in [0.2, 0.25) is 5.43 Å². The van der Waals surface area contributed by atoms with Crippen LogP contribution in [0.4, 0.5) is 8.78 Å². The Hall–Kier alpha value is -2.92. The molecule has 0 saturated carbocycles. The van der Waals surface area contributed by atoms with Crippen molar-refractivity contribution in [2.45, 2.75) is 60.2 Å². The Morgan fingerprint density at radius 3 is 2.41 bits per heavy atom. The summed E-state index contributed by atoms with van der Waals surface area (Å²) in [5, 5.41) is 13.2. The highest BCUT2D eigenvalue weighted by atomic mass is 31.2. The molecule has 1 aliphatic heterocycles. The molecule has 1 aromatic heterocycles. The van der Waals surface area contributed by atoms with E-state index < -0.39 is 59.1 Å². The molecule has 2 aromatic rings. The van der Waals surface area contributed by atoms with Crippen molar-refractivity contribution in [1.82, 2.24) is 14.8 Å². The van der Waals surface area contributed by atoms with Crippen LogP contribution < -0.4 is 10.7 Å². The smallest absolute Gasteiger partial charge is 0.331 e. The van der Waals surface area contributed by atoms with Crippen LogP contribution in [-0.2, 0) is 26.7 Å². The normalized spacial score (nSPS) is 16.6. The number of pyridine rings is 1. The largest absolute Gasteiger partial charge is 0.503 e. The number of aromatic nitrogens is 1. The highest BCUT2D eigenvalue weighted by molar-refractivity contribution is 7.53. The van der Waals surface area contributed by atoms with Crippen molar-refractivity contribution in [3.05, 3.63) is 63.1 Å². The van der Waals surface area contributed by atoms with Gasteiger partial charge in [0.05, 0.1) is 19.4 Å². The number of hydrogen-bond acceptors (Lipinski definition) is 8. The van der Waals surface area contributed by atoms with Gasteiger partial charge in [-0.1, -0.05) is 26.8 Å². The Morgan fingerprint density at radius 2 is 1.83 bits per heavy atom. The Balaban J connectivity index is 1.93. The summed E-state index contributed by atoms with van der Waals surface area (Å²) in [4.78, 5) is 41.6. The molecule has 3 rings (SSSR count). The minimum Gasteiger partial charge on any atom is -0.503 e. The lowest BCUT2D eigenvalue weighted by Gasteiger charge is -2.45. The molecule has 2 heterocycles. The fourth-order valence-electron chi connectivity index (χ4n) is 5.09. The zero-order chi connectivity index (χ0) is 30.5. The third-order valence-electron chi connectivity index (χ3n) is 7.22. The van der Waals surface area contributed by atoms with Crippen LogP contribution in [0.2, 0.25) is 0 Å². The number of aromatic hydroxyl groups is 1. The average Bonchev–Trinajstić information content (AvgIpc) is 2.90. The molecule has 0 radical (unpaired) electrons. The van der Waals surface area contributed by atoms with Gasteiger partial charge in [-0.25, -0.2) is 8.78 Å². The Labute approximate surface area is 238 Å². The Kier molecular flexibility index (Phi) is 10.6. The van der Waals surface area contributed by atoms with Crippen LogP contribution in [0.5, 0.6) is 5.75 Å². The van der Waals surface area contributed by atoms with E-state index in [1.165, 1.54) is 16.8 Å². The molecule has 0 bridgehead atoms. The number of halogens is 2. The molecule has 1 aliphatic rings. The van der Waals surface area contributed by atoms with Crippen molar-refractivity contribution in [3.8, 4) is 5.75 Å². The van der Waals surface area contributed by atoms with E-state index in [0.717, 1.165) is 12.5 Å². The quantitative estimate of drug-likeness (QED) is 0.327. The van der Waals surface area contributed by atoms with E-state index in [-0.39, 0.29) is 43.7 Å². The van der Waals surface area contributed by atoms with Gasteiger partial charge < -0.3 is 24.0 Å². The van der Waals surface area contributed by atoms with E-state index >= 15 is 0 Å². The van der Waals surface area contributed by atoms with E-state index in [1.807, 2.05) is 11.8 Å². The summed E-state index contributed by atoms with van der Waals surface area (Å²) in [5.74, 6) is -3.85. The number of nitrogens with zero attached hydrogens (tertiary/aromatic N) is 2. The lowest BCUT2D eigenvalue weighted by Crippen LogP contribution is -2.56. The first kappa shape index (κ1) is 32.6. The first-order valence-electron chi connectivity index (χ1n) is 13.6. The molecule has 0 saturated heterocycles. The molecule has 13 heteroatoms. The molecule has 1 atom stereocenters. The summed E-state index contributed by atoms with van der Waals surface area (Å²) in [5.41, 5.74) is -2.71. The highest BCUT2D eigenvalue weighted by Gasteiger charge is 2.47. The second-order valence-corrected chi connectivity index (χ2v) is 12.6. The number of rotatable bonds is 13. The number of carbonyl (C=O) groups is 2. The second kappa shape index (κ2) is 13.4. The summed E-state index contributed by atoms with van der Waals surface area (Å²) in [6.07, 6.45) is 2.04. The molecular weight excluding hydrogens is 559 g/mol. The fraction of sp³-hybridized carbons (Fsp3) is 0.536. The van der Waals surface area contributed by atoms with Crippen molar-refractivity contribution >= 4 is 19.3 Å². The second-order valence-electron chi connectivity index (χ2n) is 10.4. The molecule has 1 amide bonds. The summed E-state index contributed by atoms with van der Waals surface area (Å²) >= 11 is 0. The van der Waals surface area contributed by atoms with Crippen LogP contribution in [0, 0.1) is 17.0 Å². The van der Waals surface area contributed by atoms with Gasteiger partial charge in [-0.15, -0.1) is 0 Å². The first-order chi connectivity index (χ1) is 19.3. The van der Waals surface area contributed by atoms with Gasteiger partial charge in [0, 0.05) is 48.9 Å². The minimum absolute atomic E-state index is 0.00521. The first-order valence-corrected chi connectivity index (χ1v) is 15.4. The molecule has 0 aliphatic carbocycles. The number of amides is 1. The van der Waals surface area contributed by atoms with Gasteiger partial charge in [0.15, 0.2) is 11.5 Å². The molecule has 0 fully saturated rings. The molecule has 1 aromatic carbocycles. The molecule has 2 N–H and O–H groups in total. The van der Waals surface area contributed by atoms with Crippen molar-refractivity contribution in [3.63, 3.8) is 0 Å². The van der Waals surface area contributed by atoms with Crippen LogP contribution in [0.25, 0.3) is 0 Å². The van der Waals surface area contributed by atoms with Crippen LogP contribution in [0.15, 0.2) is 29.2 Å². The molecule has 1 unspecified atom stereocenters. The zero-order valence-corrected chi connectivity index (χ0v) is 24.9. The van der Waals surface area contributed by atoms with Crippen LogP contribution in [-0.4, -0.2) is 64.8 Å². The summed E-state index contributed by atoms with van der Waals surface area (Å²) in [6, 6.07) is 2.44. The molecule has 226 valence electrons. The maximum Gasteiger partial charge on any atom is 0.331 e. The lowest BCUT2D eigenvalue weighted by atomic mass is 9.75. The Bertz CT molecular complexity index is 1390. The molecule has 10 nitrogen and oxygen atoms in total. The predicted octanol–water partition coefficient (Wildman–Crippen LogP) is 4.33. The van der Waals surface area contributed by atoms with Crippen molar-refractivity contribution in [1.29, 1.82) is 0 Å². The number of benzene rings is 1. The molecule has 41 heavy (non-hydrogen) atoms.